The number of nitrogens with one attached hydrogen (secondary N) is 1. The Morgan fingerprint density at radius 1 is 1.12 bits per heavy atom. The van der Waals surface area contributed by atoms with Gasteiger partial charge in [-0.15, -0.1) is 0 Å². The van der Waals surface area contributed by atoms with Gasteiger partial charge in [-0.2, -0.15) is 5.10 Å². The summed E-state index contributed by atoms with van der Waals surface area (Å²) < 4.78 is 13.1. The average molecular weight is 358 g/mol. The number of nitrogens with zero attached hydrogens (tertiary/aromatic N) is 3. The molecule has 1 aliphatic heterocycles. The van der Waals surface area contributed by atoms with Gasteiger partial charge in [0.1, 0.15) is 5.82 Å². The molecular formula is C19H23FN4O2. The van der Waals surface area contributed by atoms with E-state index < -0.39 is 0 Å². The fourth-order valence-electron chi connectivity index (χ4n) is 3.09. The standard InChI is InChI=1S/C19H23FN4O2/c1-13(2)11-17(25)23-7-9-24(10-8-23)19(26)16-12-21-22-18(16)14-3-5-15(20)6-4-14/h3-6,12-13H,7-11H2,1-2H3,(H,21,22). The number of halogens is 1. The van der Waals surface area contributed by atoms with E-state index in [1.807, 2.05) is 18.7 Å². The van der Waals surface area contributed by atoms with E-state index in [0.29, 0.717) is 55.3 Å². The summed E-state index contributed by atoms with van der Waals surface area (Å²) in [5.74, 6) is 0.00568. The fourth-order valence-corrected chi connectivity index (χ4v) is 3.09. The third-order valence-electron chi connectivity index (χ3n) is 4.51. The molecule has 0 atom stereocenters. The first kappa shape index (κ1) is 18.1. The Morgan fingerprint density at radius 3 is 2.35 bits per heavy atom. The molecule has 7 heteroatoms. The summed E-state index contributed by atoms with van der Waals surface area (Å²) in [4.78, 5) is 28.6. The van der Waals surface area contributed by atoms with Crippen LogP contribution in [0.15, 0.2) is 30.5 Å². The van der Waals surface area contributed by atoms with Crippen LogP contribution in [0, 0.1) is 11.7 Å². The minimum absolute atomic E-state index is 0.131. The van der Waals surface area contributed by atoms with E-state index in [1.54, 1.807) is 17.0 Å². The van der Waals surface area contributed by atoms with Crippen LogP contribution in [0.3, 0.4) is 0 Å². The van der Waals surface area contributed by atoms with Gasteiger partial charge in [-0.1, -0.05) is 13.8 Å². The molecule has 1 aromatic heterocycles. The third-order valence-corrected chi connectivity index (χ3v) is 4.51. The number of carbonyl (C=O) groups is 2. The summed E-state index contributed by atoms with van der Waals surface area (Å²) in [5, 5.41) is 6.81. The van der Waals surface area contributed by atoms with Gasteiger partial charge in [0.05, 0.1) is 17.5 Å². The number of aromatic amines is 1. The van der Waals surface area contributed by atoms with Crippen molar-refractivity contribution in [1.29, 1.82) is 0 Å². The molecule has 0 aliphatic carbocycles. The molecule has 0 saturated carbocycles. The summed E-state index contributed by atoms with van der Waals surface area (Å²) in [5.41, 5.74) is 1.74. The van der Waals surface area contributed by atoms with Gasteiger partial charge in [0.25, 0.3) is 5.91 Å². The molecule has 6 nitrogen and oxygen atoms in total. The van der Waals surface area contributed by atoms with Crippen LogP contribution >= 0.6 is 0 Å². The lowest BCUT2D eigenvalue weighted by molar-refractivity contribution is -0.133. The van der Waals surface area contributed by atoms with Crippen molar-refractivity contribution < 1.29 is 14.0 Å². The van der Waals surface area contributed by atoms with Crippen LogP contribution in [-0.2, 0) is 4.79 Å². The molecule has 0 spiro atoms. The van der Waals surface area contributed by atoms with Crippen LogP contribution in [0.5, 0.6) is 0 Å². The predicted octanol–water partition coefficient (Wildman–Crippen LogP) is 2.55. The minimum Gasteiger partial charge on any atom is -0.339 e. The van der Waals surface area contributed by atoms with Gasteiger partial charge in [-0.05, 0) is 30.2 Å². The number of benzene rings is 1. The number of piperazine rings is 1. The van der Waals surface area contributed by atoms with Gasteiger partial charge in [-0.25, -0.2) is 4.39 Å². The predicted molar refractivity (Wildman–Crippen MR) is 95.9 cm³/mol. The van der Waals surface area contributed by atoms with Gasteiger partial charge >= 0.3 is 0 Å². The van der Waals surface area contributed by atoms with Crippen molar-refractivity contribution in [2.75, 3.05) is 26.2 Å². The van der Waals surface area contributed by atoms with Crippen LogP contribution < -0.4 is 0 Å². The molecule has 138 valence electrons. The Hall–Kier alpha value is -2.70. The largest absolute Gasteiger partial charge is 0.339 e. The van der Waals surface area contributed by atoms with E-state index in [9.17, 15) is 14.0 Å². The molecule has 3 rings (SSSR count). The Labute approximate surface area is 152 Å². The average Bonchev–Trinajstić information content (AvgIpc) is 3.11. The molecule has 1 N–H and O–H groups in total. The lowest BCUT2D eigenvalue weighted by Gasteiger charge is -2.35. The molecule has 2 heterocycles. The zero-order valence-electron chi connectivity index (χ0n) is 15.0. The van der Waals surface area contributed by atoms with Crippen molar-refractivity contribution >= 4 is 11.8 Å². The van der Waals surface area contributed by atoms with E-state index >= 15 is 0 Å². The first-order valence-electron chi connectivity index (χ1n) is 8.82. The fraction of sp³-hybridized carbons (Fsp3) is 0.421. The van der Waals surface area contributed by atoms with Crippen LogP contribution in [-0.4, -0.2) is 58.0 Å². The van der Waals surface area contributed by atoms with E-state index in [4.69, 9.17) is 0 Å². The number of rotatable bonds is 4. The molecule has 2 aromatic rings. The Kier molecular flexibility index (Phi) is 5.35. The Balaban J connectivity index is 1.67. The van der Waals surface area contributed by atoms with Crippen LogP contribution in [0.2, 0.25) is 0 Å². The van der Waals surface area contributed by atoms with E-state index in [0.717, 1.165) is 0 Å². The quantitative estimate of drug-likeness (QED) is 0.913. The first-order chi connectivity index (χ1) is 12.5. The summed E-state index contributed by atoms with van der Waals surface area (Å²) in [7, 11) is 0. The second-order valence-corrected chi connectivity index (χ2v) is 6.94. The molecule has 0 unspecified atom stereocenters. The van der Waals surface area contributed by atoms with Crippen molar-refractivity contribution in [3.05, 3.63) is 41.8 Å². The number of carbonyl (C=O) groups excluding carboxylic acids is 2. The second kappa shape index (κ2) is 7.68. The lowest BCUT2D eigenvalue weighted by Crippen LogP contribution is -2.50. The Morgan fingerprint density at radius 2 is 1.73 bits per heavy atom. The number of hydrogen-bond donors (Lipinski definition) is 1. The van der Waals surface area contributed by atoms with Crippen molar-refractivity contribution in [3.8, 4) is 11.3 Å². The lowest BCUT2D eigenvalue weighted by atomic mass is 10.1. The summed E-state index contributed by atoms with van der Waals surface area (Å²) in [6, 6.07) is 5.93. The normalized spacial score (nSPS) is 14.8. The Bertz CT molecular complexity index is 777. The highest BCUT2D eigenvalue weighted by atomic mass is 19.1. The highest BCUT2D eigenvalue weighted by Crippen LogP contribution is 2.23. The van der Waals surface area contributed by atoms with Gasteiger partial charge < -0.3 is 9.80 Å². The molecular weight excluding hydrogens is 335 g/mol. The van der Waals surface area contributed by atoms with E-state index in [1.165, 1.54) is 18.3 Å². The number of aromatic nitrogens is 2. The van der Waals surface area contributed by atoms with Crippen LogP contribution in [0.25, 0.3) is 11.3 Å². The van der Waals surface area contributed by atoms with E-state index in [2.05, 4.69) is 10.2 Å². The number of H-pyrrole nitrogens is 1. The van der Waals surface area contributed by atoms with Gasteiger partial charge in [0, 0.05) is 38.2 Å². The van der Waals surface area contributed by atoms with Crippen LogP contribution in [0.1, 0.15) is 30.6 Å². The van der Waals surface area contributed by atoms with E-state index in [-0.39, 0.29) is 17.6 Å². The molecule has 1 fully saturated rings. The van der Waals surface area contributed by atoms with Crippen LogP contribution in [0.4, 0.5) is 4.39 Å². The summed E-state index contributed by atoms with van der Waals surface area (Å²) in [6.45, 7) is 6.12. The second-order valence-electron chi connectivity index (χ2n) is 6.94. The zero-order valence-corrected chi connectivity index (χ0v) is 15.0. The van der Waals surface area contributed by atoms with Gasteiger partial charge in [0.2, 0.25) is 5.91 Å². The maximum Gasteiger partial charge on any atom is 0.257 e. The molecule has 1 aromatic carbocycles. The molecule has 0 radical (unpaired) electrons. The van der Waals surface area contributed by atoms with Crippen molar-refractivity contribution in [2.45, 2.75) is 20.3 Å². The monoisotopic (exact) mass is 358 g/mol. The van der Waals surface area contributed by atoms with Crippen molar-refractivity contribution in [3.63, 3.8) is 0 Å². The third kappa shape index (κ3) is 3.92. The first-order valence-corrected chi connectivity index (χ1v) is 8.82. The topological polar surface area (TPSA) is 69.3 Å². The molecule has 26 heavy (non-hydrogen) atoms. The highest BCUT2D eigenvalue weighted by molar-refractivity contribution is 5.99. The van der Waals surface area contributed by atoms with Crippen molar-refractivity contribution in [2.24, 2.45) is 5.92 Å². The molecule has 1 aliphatic rings. The van der Waals surface area contributed by atoms with Crippen molar-refractivity contribution in [1.82, 2.24) is 20.0 Å². The van der Waals surface area contributed by atoms with Gasteiger partial charge in [-0.3, -0.25) is 14.7 Å². The smallest absolute Gasteiger partial charge is 0.257 e. The maximum atomic E-state index is 13.1. The summed E-state index contributed by atoms with van der Waals surface area (Å²) in [6.07, 6.45) is 2.03. The molecule has 1 saturated heterocycles. The minimum atomic E-state index is -0.330. The molecule has 0 bridgehead atoms. The summed E-state index contributed by atoms with van der Waals surface area (Å²) >= 11 is 0. The maximum absolute atomic E-state index is 13.1. The SMILES string of the molecule is CC(C)CC(=O)N1CCN(C(=O)c2cn[nH]c2-c2ccc(F)cc2)CC1. The number of amides is 2. The highest BCUT2D eigenvalue weighted by Gasteiger charge is 2.27. The zero-order chi connectivity index (χ0) is 18.7. The number of hydrogen-bond acceptors (Lipinski definition) is 3. The molecule has 2 amide bonds. The van der Waals surface area contributed by atoms with Gasteiger partial charge in [0.15, 0.2) is 0 Å².